The Bertz CT molecular complexity index is 861. The Kier molecular flexibility index (Phi) is 10.1. The SMILES string of the molecule is O=C(O)CC(NC(=O)C1CCCN1)C(=O)NC(CS)C(=O)NC(Cc1ccccc1)C(=O)O. The van der Waals surface area contributed by atoms with Crippen LogP contribution in [0.25, 0.3) is 0 Å². The second kappa shape index (κ2) is 12.8. The van der Waals surface area contributed by atoms with Crippen LogP contribution in [-0.2, 0) is 30.4 Å². The predicted molar refractivity (Wildman–Crippen MR) is 121 cm³/mol. The zero-order chi connectivity index (χ0) is 24.4. The number of carbonyl (C=O) groups is 5. The minimum Gasteiger partial charge on any atom is -0.481 e. The van der Waals surface area contributed by atoms with Crippen LogP contribution in [0, 0.1) is 0 Å². The zero-order valence-corrected chi connectivity index (χ0v) is 18.7. The van der Waals surface area contributed by atoms with Crippen molar-refractivity contribution in [3.8, 4) is 0 Å². The van der Waals surface area contributed by atoms with Crippen LogP contribution in [0.1, 0.15) is 24.8 Å². The molecule has 1 aromatic rings. The number of nitrogens with one attached hydrogen (secondary N) is 4. The molecule has 1 aromatic carbocycles. The fraction of sp³-hybridized carbons (Fsp3) is 0.476. The maximum Gasteiger partial charge on any atom is 0.326 e. The van der Waals surface area contributed by atoms with Crippen LogP contribution in [0.15, 0.2) is 30.3 Å². The molecule has 12 heteroatoms. The molecule has 1 heterocycles. The topological polar surface area (TPSA) is 174 Å². The fourth-order valence-electron chi connectivity index (χ4n) is 3.35. The molecule has 0 aliphatic carbocycles. The average molecular weight is 481 g/mol. The van der Waals surface area contributed by atoms with E-state index in [2.05, 4.69) is 33.9 Å². The highest BCUT2D eigenvalue weighted by Crippen LogP contribution is 2.07. The van der Waals surface area contributed by atoms with E-state index in [9.17, 15) is 29.1 Å². The summed E-state index contributed by atoms with van der Waals surface area (Å²) in [4.78, 5) is 60.4. The van der Waals surface area contributed by atoms with Gasteiger partial charge in [-0.1, -0.05) is 30.3 Å². The molecule has 3 amide bonds. The Balaban J connectivity index is 2.02. The lowest BCUT2D eigenvalue weighted by atomic mass is 10.1. The summed E-state index contributed by atoms with van der Waals surface area (Å²) in [5.74, 6) is -4.92. The summed E-state index contributed by atoms with van der Waals surface area (Å²) >= 11 is 4.05. The van der Waals surface area contributed by atoms with Crippen molar-refractivity contribution in [2.45, 2.75) is 49.9 Å². The second-order valence-electron chi connectivity index (χ2n) is 7.64. The summed E-state index contributed by atoms with van der Waals surface area (Å²) in [7, 11) is 0. The van der Waals surface area contributed by atoms with Gasteiger partial charge in [-0.05, 0) is 24.9 Å². The van der Waals surface area contributed by atoms with E-state index in [1.54, 1.807) is 30.3 Å². The second-order valence-corrected chi connectivity index (χ2v) is 8.01. The van der Waals surface area contributed by atoms with Crippen LogP contribution in [-0.4, -0.2) is 76.3 Å². The quantitative estimate of drug-likeness (QED) is 0.185. The van der Waals surface area contributed by atoms with Crippen molar-refractivity contribution in [2.24, 2.45) is 0 Å². The Labute approximate surface area is 196 Å². The van der Waals surface area contributed by atoms with E-state index < -0.39 is 60.2 Å². The highest BCUT2D eigenvalue weighted by molar-refractivity contribution is 7.80. The van der Waals surface area contributed by atoms with Gasteiger partial charge in [-0.2, -0.15) is 12.6 Å². The van der Waals surface area contributed by atoms with E-state index in [1.807, 2.05) is 0 Å². The molecule has 6 N–H and O–H groups in total. The van der Waals surface area contributed by atoms with Gasteiger partial charge in [0.25, 0.3) is 0 Å². The third-order valence-corrected chi connectivity index (χ3v) is 5.47. The molecule has 11 nitrogen and oxygen atoms in total. The van der Waals surface area contributed by atoms with Gasteiger partial charge < -0.3 is 31.5 Å². The van der Waals surface area contributed by atoms with Crippen molar-refractivity contribution in [3.05, 3.63) is 35.9 Å². The minimum absolute atomic E-state index is 0.0290. The molecule has 0 spiro atoms. The Morgan fingerprint density at radius 2 is 1.61 bits per heavy atom. The smallest absolute Gasteiger partial charge is 0.326 e. The van der Waals surface area contributed by atoms with Gasteiger partial charge in [-0.3, -0.25) is 19.2 Å². The van der Waals surface area contributed by atoms with Gasteiger partial charge in [0.1, 0.15) is 18.1 Å². The summed E-state index contributed by atoms with van der Waals surface area (Å²) in [6.45, 7) is 0.642. The summed E-state index contributed by atoms with van der Waals surface area (Å²) in [6, 6.07) is 4.28. The van der Waals surface area contributed by atoms with Gasteiger partial charge in [0.05, 0.1) is 12.5 Å². The molecule has 0 aromatic heterocycles. The number of carbonyl (C=O) groups excluding carboxylic acids is 3. The van der Waals surface area contributed by atoms with Crippen molar-refractivity contribution < 1.29 is 34.2 Å². The van der Waals surface area contributed by atoms with E-state index >= 15 is 0 Å². The molecule has 0 radical (unpaired) electrons. The number of hydrogen-bond acceptors (Lipinski definition) is 7. The van der Waals surface area contributed by atoms with Crippen LogP contribution in [0.5, 0.6) is 0 Å². The number of amides is 3. The summed E-state index contributed by atoms with van der Waals surface area (Å²) < 4.78 is 0. The largest absolute Gasteiger partial charge is 0.481 e. The first kappa shape index (κ1) is 26.1. The van der Waals surface area contributed by atoms with Gasteiger partial charge in [-0.25, -0.2) is 4.79 Å². The van der Waals surface area contributed by atoms with Crippen LogP contribution in [0.4, 0.5) is 0 Å². The number of aliphatic carboxylic acids is 2. The molecule has 4 unspecified atom stereocenters. The minimum atomic E-state index is -1.41. The Morgan fingerprint density at radius 1 is 0.970 bits per heavy atom. The fourth-order valence-corrected chi connectivity index (χ4v) is 3.61. The van der Waals surface area contributed by atoms with Gasteiger partial charge in [0.15, 0.2) is 0 Å². The lowest BCUT2D eigenvalue weighted by Gasteiger charge is -2.24. The van der Waals surface area contributed by atoms with Crippen molar-refractivity contribution in [1.82, 2.24) is 21.3 Å². The molecule has 180 valence electrons. The number of benzene rings is 1. The Morgan fingerprint density at radius 3 is 2.15 bits per heavy atom. The molecule has 0 saturated carbocycles. The third kappa shape index (κ3) is 8.39. The van der Waals surface area contributed by atoms with Crippen LogP contribution < -0.4 is 21.3 Å². The van der Waals surface area contributed by atoms with Crippen molar-refractivity contribution in [1.29, 1.82) is 0 Å². The molecule has 1 aliphatic heterocycles. The van der Waals surface area contributed by atoms with E-state index in [0.29, 0.717) is 18.5 Å². The molecular formula is C21H28N4O7S. The Hall–Kier alpha value is -3.12. The van der Waals surface area contributed by atoms with E-state index in [0.717, 1.165) is 6.42 Å². The third-order valence-electron chi connectivity index (χ3n) is 5.10. The van der Waals surface area contributed by atoms with Crippen molar-refractivity contribution >= 4 is 42.3 Å². The lowest BCUT2D eigenvalue weighted by Crippen LogP contribution is -2.58. The van der Waals surface area contributed by atoms with E-state index in [1.165, 1.54) is 0 Å². The molecule has 1 fully saturated rings. The number of carboxylic acid groups (broad SMARTS) is 2. The molecule has 0 bridgehead atoms. The monoisotopic (exact) mass is 480 g/mol. The van der Waals surface area contributed by atoms with Crippen molar-refractivity contribution in [3.63, 3.8) is 0 Å². The maximum atomic E-state index is 12.7. The first-order valence-corrected chi connectivity index (χ1v) is 11.1. The van der Waals surface area contributed by atoms with Gasteiger partial charge in [-0.15, -0.1) is 0 Å². The van der Waals surface area contributed by atoms with E-state index in [-0.39, 0.29) is 12.2 Å². The van der Waals surface area contributed by atoms with Crippen molar-refractivity contribution in [2.75, 3.05) is 12.3 Å². The highest BCUT2D eigenvalue weighted by atomic mass is 32.1. The molecule has 33 heavy (non-hydrogen) atoms. The maximum absolute atomic E-state index is 12.7. The molecule has 4 atom stereocenters. The molecule has 1 aliphatic rings. The molecule has 2 rings (SSSR count). The summed E-state index contributed by atoms with van der Waals surface area (Å²) in [5, 5.41) is 28.7. The highest BCUT2D eigenvalue weighted by Gasteiger charge is 2.32. The summed E-state index contributed by atoms with van der Waals surface area (Å²) in [6.07, 6.45) is 0.689. The van der Waals surface area contributed by atoms with Crippen LogP contribution in [0.2, 0.25) is 0 Å². The number of hydrogen-bond donors (Lipinski definition) is 7. The normalized spacial score (nSPS) is 17.9. The van der Waals surface area contributed by atoms with Crippen LogP contribution >= 0.6 is 12.6 Å². The zero-order valence-electron chi connectivity index (χ0n) is 17.8. The molecule has 1 saturated heterocycles. The van der Waals surface area contributed by atoms with Gasteiger partial charge in [0, 0.05) is 12.2 Å². The van der Waals surface area contributed by atoms with Gasteiger partial charge in [0.2, 0.25) is 17.7 Å². The predicted octanol–water partition coefficient (Wildman–Crippen LogP) is -1.08. The number of rotatable bonds is 12. The lowest BCUT2D eigenvalue weighted by molar-refractivity contribution is -0.143. The van der Waals surface area contributed by atoms with Gasteiger partial charge >= 0.3 is 11.9 Å². The molecular weight excluding hydrogens is 452 g/mol. The average Bonchev–Trinajstić information content (AvgIpc) is 3.31. The standard InChI is InChI=1S/C21H28N4O7S/c26-17(27)10-14(23-18(28)13-7-4-8-22-13)19(29)25-16(11-33)20(30)24-15(21(31)32)9-12-5-2-1-3-6-12/h1-3,5-6,13-16,22,33H,4,7-11H2,(H,23,28)(H,24,30)(H,25,29)(H,26,27)(H,31,32). The first-order valence-electron chi connectivity index (χ1n) is 10.4. The summed E-state index contributed by atoms with van der Waals surface area (Å²) in [5.41, 5.74) is 0.696. The van der Waals surface area contributed by atoms with Crippen LogP contribution in [0.3, 0.4) is 0 Å². The number of carboxylic acids is 2. The number of thiol groups is 1. The van der Waals surface area contributed by atoms with E-state index in [4.69, 9.17) is 5.11 Å². The first-order chi connectivity index (χ1) is 15.7.